The zero-order valence-corrected chi connectivity index (χ0v) is 16.8. The molecule has 0 unspecified atom stereocenters. The molecule has 0 saturated heterocycles. The second kappa shape index (κ2) is 8.44. The lowest BCUT2D eigenvalue weighted by atomic mass is 10.2. The molecule has 0 radical (unpaired) electrons. The van der Waals surface area contributed by atoms with Crippen LogP contribution in [0, 0.1) is 5.82 Å². The van der Waals surface area contributed by atoms with Crippen LogP contribution < -0.4 is 14.2 Å². The van der Waals surface area contributed by atoms with E-state index in [2.05, 4.69) is 15.3 Å². The molecule has 0 aliphatic carbocycles. The Bertz CT molecular complexity index is 1110. The molecular weight excluding hydrogens is 395 g/mol. The van der Waals surface area contributed by atoms with Gasteiger partial charge in [-0.1, -0.05) is 17.4 Å². The van der Waals surface area contributed by atoms with Crippen molar-refractivity contribution in [2.75, 3.05) is 13.2 Å². The number of benzene rings is 2. The Kier molecular flexibility index (Phi) is 5.57. The van der Waals surface area contributed by atoms with E-state index in [0.29, 0.717) is 41.2 Å². The standard InChI is InChI=1S/C20H19FN4O3S/c1-3-26-16-7-5-6-15(18(16)27-4-2)19-24-25-17(22-23-20(25)29-19)12-28-14-10-8-13(21)9-11-14/h5-11H,3-4,12H2,1-2H3. The van der Waals surface area contributed by atoms with E-state index in [1.165, 1.54) is 23.5 Å². The molecule has 2 aromatic carbocycles. The zero-order chi connectivity index (χ0) is 20.2. The summed E-state index contributed by atoms with van der Waals surface area (Å²) < 4.78 is 31.9. The van der Waals surface area contributed by atoms with E-state index in [4.69, 9.17) is 14.2 Å². The smallest absolute Gasteiger partial charge is 0.235 e. The number of para-hydroxylation sites is 1. The minimum atomic E-state index is -0.314. The minimum Gasteiger partial charge on any atom is -0.490 e. The summed E-state index contributed by atoms with van der Waals surface area (Å²) in [6.07, 6.45) is 0. The summed E-state index contributed by atoms with van der Waals surface area (Å²) in [6, 6.07) is 11.5. The molecule has 4 rings (SSSR count). The molecule has 29 heavy (non-hydrogen) atoms. The average Bonchev–Trinajstić information content (AvgIpc) is 3.30. The van der Waals surface area contributed by atoms with Crippen LogP contribution in [0.25, 0.3) is 15.5 Å². The first-order valence-corrected chi connectivity index (χ1v) is 9.99. The first-order valence-electron chi connectivity index (χ1n) is 9.18. The monoisotopic (exact) mass is 414 g/mol. The highest BCUT2D eigenvalue weighted by molar-refractivity contribution is 7.19. The van der Waals surface area contributed by atoms with Crippen molar-refractivity contribution in [1.29, 1.82) is 0 Å². The third-order valence-electron chi connectivity index (χ3n) is 4.03. The second-order valence-electron chi connectivity index (χ2n) is 5.96. The van der Waals surface area contributed by atoms with Gasteiger partial charge in [-0.25, -0.2) is 4.39 Å². The first-order chi connectivity index (χ1) is 14.2. The maximum atomic E-state index is 13.0. The van der Waals surface area contributed by atoms with Crippen LogP contribution in [-0.4, -0.2) is 33.0 Å². The number of aromatic nitrogens is 4. The number of halogens is 1. The molecule has 9 heteroatoms. The number of rotatable bonds is 8. The Morgan fingerprint density at radius 1 is 0.966 bits per heavy atom. The molecule has 150 valence electrons. The minimum absolute atomic E-state index is 0.160. The van der Waals surface area contributed by atoms with Gasteiger partial charge in [0.25, 0.3) is 0 Å². The van der Waals surface area contributed by atoms with Gasteiger partial charge in [0.2, 0.25) is 4.96 Å². The molecule has 4 aromatic rings. The Balaban J connectivity index is 1.63. The molecule has 0 spiro atoms. The summed E-state index contributed by atoms with van der Waals surface area (Å²) in [4.78, 5) is 0.641. The maximum absolute atomic E-state index is 13.0. The van der Waals surface area contributed by atoms with Crippen molar-refractivity contribution in [3.63, 3.8) is 0 Å². The summed E-state index contributed by atoms with van der Waals surface area (Å²) in [5.41, 5.74) is 0.832. The van der Waals surface area contributed by atoms with Crippen LogP contribution in [0.5, 0.6) is 17.2 Å². The normalized spacial score (nSPS) is 11.0. The van der Waals surface area contributed by atoms with Crippen molar-refractivity contribution in [1.82, 2.24) is 19.8 Å². The van der Waals surface area contributed by atoms with Crippen LogP contribution in [0.4, 0.5) is 4.39 Å². The van der Waals surface area contributed by atoms with E-state index in [9.17, 15) is 4.39 Å². The van der Waals surface area contributed by atoms with Gasteiger partial charge >= 0.3 is 0 Å². The van der Waals surface area contributed by atoms with Crippen LogP contribution in [-0.2, 0) is 6.61 Å². The van der Waals surface area contributed by atoms with Crippen LogP contribution in [0.2, 0.25) is 0 Å². The summed E-state index contributed by atoms with van der Waals surface area (Å²) >= 11 is 1.40. The van der Waals surface area contributed by atoms with E-state index in [1.807, 2.05) is 32.0 Å². The third kappa shape index (κ3) is 4.00. The molecule has 0 fully saturated rings. The number of hydrogen-bond acceptors (Lipinski definition) is 7. The molecule has 0 amide bonds. The van der Waals surface area contributed by atoms with E-state index >= 15 is 0 Å². The Morgan fingerprint density at radius 2 is 1.76 bits per heavy atom. The highest BCUT2D eigenvalue weighted by Gasteiger charge is 2.19. The van der Waals surface area contributed by atoms with E-state index in [1.54, 1.807) is 16.6 Å². The molecular formula is C20H19FN4O3S. The van der Waals surface area contributed by atoms with E-state index in [-0.39, 0.29) is 12.4 Å². The number of fused-ring (bicyclic) bond motifs is 1. The van der Waals surface area contributed by atoms with E-state index < -0.39 is 0 Å². The van der Waals surface area contributed by atoms with Gasteiger partial charge in [0.1, 0.15) is 18.2 Å². The van der Waals surface area contributed by atoms with Crippen molar-refractivity contribution in [2.24, 2.45) is 0 Å². The largest absolute Gasteiger partial charge is 0.490 e. The summed E-state index contributed by atoms with van der Waals surface area (Å²) in [5.74, 6) is 2.11. The quantitative estimate of drug-likeness (QED) is 0.426. The van der Waals surface area contributed by atoms with Crippen molar-refractivity contribution in [2.45, 2.75) is 20.5 Å². The number of ether oxygens (including phenoxy) is 3. The highest BCUT2D eigenvalue weighted by atomic mass is 32.1. The van der Waals surface area contributed by atoms with Gasteiger partial charge < -0.3 is 14.2 Å². The highest BCUT2D eigenvalue weighted by Crippen LogP contribution is 2.39. The van der Waals surface area contributed by atoms with Crippen molar-refractivity contribution >= 4 is 16.3 Å². The third-order valence-corrected chi connectivity index (χ3v) is 4.97. The average molecular weight is 414 g/mol. The molecule has 0 aliphatic rings. The Hall–Kier alpha value is -3.20. The fraction of sp³-hybridized carbons (Fsp3) is 0.250. The van der Waals surface area contributed by atoms with Crippen molar-refractivity contribution in [3.8, 4) is 27.8 Å². The molecule has 0 saturated carbocycles. The number of hydrogen-bond donors (Lipinski definition) is 0. The number of nitrogens with zero attached hydrogens (tertiary/aromatic N) is 4. The molecule has 0 aliphatic heterocycles. The molecule has 0 bridgehead atoms. The van der Waals surface area contributed by atoms with Crippen LogP contribution >= 0.6 is 11.3 Å². The summed E-state index contributed by atoms with van der Waals surface area (Å²) in [6.45, 7) is 5.07. The van der Waals surface area contributed by atoms with Gasteiger partial charge in [0.15, 0.2) is 22.3 Å². The van der Waals surface area contributed by atoms with Gasteiger partial charge in [-0.15, -0.1) is 10.2 Å². The van der Waals surface area contributed by atoms with E-state index in [0.717, 1.165) is 10.6 Å². The Labute approximate surface area is 170 Å². The van der Waals surface area contributed by atoms with Crippen molar-refractivity contribution in [3.05, 3.63) is 54.1 Å². The predicted octanol–water partition coefficient (Wildman–Crippen LogP) is 4.37. The molecule has 7 nitrogen and oxygen atoms in total. The van der Waals surface area contributed by atoms with Crippen LogP contribution in [0.1, 0.15) is 19.7 Å². The van der Waals surface area contributed by atoms with Crippen LogP contribution in [0.15, 0.2) is 42.5 Å². The molecule has 0 N–H and O–H groups in total. The fourth-order valence-corrected chi connectivity index (χ4v) is 3.66. The van der Waals surface area contributed by atoms with Gasteiger partial charge in [-0.3, -0.25) is 0 Å². The predicted molar refractivity (Wildman–Crippen MR) is 107 cm³/mol. The lowest BCUT2D eigenvalue weighted by Gasteiger charge is -2.13. The summed E-state index contributed by atoms with van der Waals surface area (Å²) in [7, 11) is 0. The van der Waals surface area contributed by atoms with Gasteiger partial charge in [0.05, 0.1) is 18.8 Å². The lowest BCUT2D eigenvalue weighted by molar-refractivity contribution is 0.288. The van der Waals surface area contributed by atoms with Crippen molar-refractivity contribution < 1.29 is 18.6 Å². The fourth-order valence-electron chi connectivity index (χ4n) is 2.78. The second-order valence-corrected chi connectivity index (χ2v) is 6.92. The van der Waals surface area contributed by atoms with Gasteiger partial charge in [-0.05, 0) is 50.2 Å². The van der Waals surface area contributed by atoms with Crippen LogP contribution in [0.3, 0.4) is 0 Å². The Morgan fingerprint density at radius 3 is 2.52 bits per heavy atom. The topological polar surface area (TPSA) is 70.8 Å². The SMILES string of the molecule is CCOc1cccc(-c2nn3c(COc4ccc(F)cc4)nnc3s2)c1OCC. The lowest BCUT2D eigenvalue weighted by Crippen LogP contribution is -2.03. The van der Waals surface area contributed by atoms with Gasteiger partial charge in [-0.2, -0.15) is 9.61 Å². The molecule has 2 aromatic heterocycles. The zero-order valence-electron chi connectivity index (χ0n) is 16.0. The molecule has 0 atom stereocenters. The molecule has 2 heterocycles. The first kappa shape index (κ1) is 19.1. The summed E-state index contributed by atoms with van der Waals surface area (Å²) in [5, 5.41) is 13.7. The maximum Gasteiger partial charge on any atom is 0.235 e. The van der Waals surface area contributed by atoms with Gasteiger partial charge in [0, 0.05) is 0 Å².